The van der Waals surface area contributed by atoms with Crippen LogP contribution >= 0.6 is 0 Å². The van der Waals surface area contributed by atoms with Gasteiger partial charge in [0.05, 0.1) is 0 Å². The van der Waals surface area contributed by atoms with Gasteiger partial charge in [-0.05, 0) is 38.1 Å². The van der Waals surface area contributed by atoms with Gasteiger partial charge in [0.1, 0.15) is 0 Å². The number of benzene rings is 2. The second-order valence-electron chi connectivity index (χ2n) is 4.82. The molecule has 0 spiro atoms. The van der Waals surface area contributed by atoms with Gasteiger partial charge in [-0.25, -0.2) is 4.39 Å². The molecule has 0 radical (unpaired) electrons. The molecule has 2 aromatic rings. The summed E-state index contributed by atoms with van der Waals surface area (Å²) in [5.74, 6) is -1.03. The van der Waals surface area contributed by atoms with Gasteiger partial charge in [-0.2, -0.15) is 0 Å². The van der Waals surface area contributed by atoms with Crippen LogP contribution < -0.4 is 10.1 Å². The summed E-state index contributed by atoms with van der Waals surface area (Å²) < 4.78 is 18.8. The van der Waals surface area contributed by atoms with Crippen LogP contribution in [0.25, 0.3) is 0 Å². The van der Waals surface area contributed by atoms with E-state index >= 15 is 0 Å². The zero-order valence-electron chi connectivity index (χ0n) is 12.3. The third-order valence-corrected chi connectivity index (χ3v) is 3.05. The van der Waals surface area contributed by atoms with E-state index in [0.29, 0.717) is 11.3 Å². The van der Waals surface area contributed by atoms with Crippen molar-refractivity contribution in [2.45, 2.75) is 20.0 Å². The van der Waals surface area contributed by atoms with E-state index in [4.69, 9.17) is 4.74 Å². The van der Waals surface area contributed by atoms with E-state index in [0.717, 1.165) is 0 Å². The SMILES string of the molecule is CC(=O)c1cccc(NC(=O)C(C)Oc2ccccc2F)c1. The van der Waals surface area contributed by atoms with Crippen molar-refractivity contribution in [2.75, 3.05) is 5.32 Å². The molecule has 0 aromatic heterocycles. The number of Topliss-reactive ketones (excluding diaryl/α,β-unsaturated/α-hetero) is 1. The Bertz CT molecular complexity index is 700. The Morgan fingerprint density at radius 1 is 1.14 bits per heavy atom. The largest absolute Gasteiger partial charge is 0.478 e. The molecule has 114 valence electrons. The zero-order chi connectivity index (χ0) is 16.1. The summed E-state index contributed by atoms with van der Waals surface area (Å²) in [5, 5.41) is 2.64. The van der Waals surface area contributed by atoms with Gasteiger partial charge in [-0.3, -0.25) is 9.59 Å². The van der Waals surface area contributed by atoms with Crippen LogP contribution in [-0.4, -0.2) is 17.8 Å². The first kappa shape index (κ1) is 15.7. The van der Waals surface area contributed by atoms with Crippen molar-refractivity contribution >= 4 is 17.4 Å². The third-order valence-electron chi connectivity index (χ3n) is 3.05. The van der Waals surface area contributed by atoms with Crippen molar-refractivity contribution < 1.29 is 18.7 Å². The molecule has 1 N–H and O–H groups in total. The Kier molecular flexibility index (Phi) is 4.88. The van der Waals surface area contributed by atoms with Crippen molar-refractivity contribution in [2.24, 2.45) is 0 Å². The normalized spacial score (nSPS) is 11.6. The summed E-state index contributed by atoms with van der Waals surface area (Å²) in [4.78, 5) is 23.4. The maximum atomic E-state index is 13.5. The summed E-state index contributed by atoms with van der Waals surface area (Å²) >= 11 is 0. The highest BCUT2D eigenvalue weighted by Gasteiger charge is 2.16. The van der Waals surface area contributed by atoms with Crippen LogP contribution in [0.4, 0.5) is 10.1 Å². The predicted molar refractivity (Wildman–Crippen MR) is 81.6 cm³/mol. The molecule has 0 bridgehead atoms. The number of ether oxygens (including phenoxy) is 1. The number of rotatable bonds is 5. The Balaban J connectivity index is 2.04. The number of carbonyl (C=O) groups is 2. The predicted octanol–water partition coefficient (Wildman–Crippen LogP) is 3.43. The minimum Gasteiger partial charge on any atom is -0.478 e. The van der Waals surface area contributed by atoms with E-state index < -0.39 is 17.8 Å². The number of halogens is 1. The number of carbonyl (C=O) groups excluding carboxylic acids is 2. The molecule has 2 aromatic carbocycles. The molecule has 0 aliphatic heterocycles. The van der Waals surface area contributed by atoms with Gasteiger partial charge in [0, 0.05) is 11.3 Å². The molecule has 2 rings (SSSR count). The number of amides is 1. The van der Waals surface area contributed by atoms with E-state index in [1.54, 1.807) is 36.4 Å². The lowest BCUT2D eigenvalue weighted by Crippen LogP contribution is -2.30. The Labute approximate surface area is 127 Å². The van der Waals surface area contributed by atoms with Crippen LogP contribution in [-0.2, 0) is 4.79 Å². The van der Waals surface area contributed by atoms with Crippen LogP contribution in [0, 0.1) is 5.82 Å². The summed E-state index contributed by atoms with van der Waals surface area (Å²) in [5.41, 5.74) is 0.988. The lowest BCUT2D eigenvalue weighted by molar-refractivity contribution is -0.122. The molecule has 4 nitrogen and oxygen atoms in total. The highest BCUT2D eigenvalue weighted by molar-refractivity contribution is 5.98. The smallest absolute Gasteiger partial charge is 0.265 e. The monoisotopic (exact) mass is 301 g/mol. The molecule has 0 heterocycles. The summed E-state index contributed by atoms with van der Waals surface area (Å²) in [6.07, 6.45) is -0.877. The number of hydrogen-bond acceptors (Lipinski definition) is 3. The number of anilines is 1. The Morgan fingerprint density at radius 3 is 2.55 bits per heavy atom. The average molecular weight is 301 g/mol. The van der Waals surface area contributed by atoms with Crippen molar-refractivity contribution in [3.63, 3.8) is 0 Å². The molecule has 5 heteroatoms. The van der Waals surface area contributed by atoms with Gasteiger partial charge < -0.3 is 10.1 Å². The molecule has 0 saturated carbocycles. The summed E-state index contributed by atoms with van der Waals surface area (Å²) in [6.45, 7) is 2.97. The first-order chi connectivity index (χ1) is 10.5. The van der Waals surface area contributed by atoms with Gasteiger partial charge in [0.25, 0.3) is 5.91 Å². The van der Waals surface area contributed by atoms with Gasteiger partial charge in [-0.1, -0.05) is 24.3 Å². The fourth-order valence-electron chi connectivity index (χ4n) is 1.84. The molecule has 1 unspecified atom stereocenters. The lowest BCUT2D eigenvalue weighted by atomic mass is 10.1. The van der Waals surface area contributed by atoms with Gasteiger partial charge in [0.15, 0.2) is 23.5 Å². The minimum absolute atomic E-state index is 0.0163. The molecule has 22 heavy (non-hydrogen) atoms. The Morgan fingerprint density at radius 2 is 1.86 bits per heavy atom. The highest BCUT2D eigenvalue weighted by atomic mass is 19.1. The standard InChI is InChI=1S/C17H16FNO3/c1-11(20)13-6-5-7-14(10-13)19-17(21)12(2)22-16-9-4-3-8-15(16)18/h3-10,12H,1-2H3,(H,19,21). The molecular weight excluding hydrogens is 285 g/mol. The van der Waals surface area contributed by atoms with Gasteiger partial charge in [0.2, 0.25) is 0 Å². The van der Waals surface area contributed by atoms with Crippen LogP contribution in [0.2, 0.25) is 0 Å². The first-order valence-electron chi connectivity index (χ1n) is 6.80. The summed E-state index contributed by atoms with van der Waals surface area (Å²) in [6, 6.07) is 12.5. The van der Waals surface area contributed by atoms with Crippen LogP contribution in [0.3, 0.4) is 0 Å². The van der Waals surface area contributed by atoms with Crippen molar-refractivity contribution in [1.29, 1.82) is 0 Å². The maximum absolute atomic E-state index is 13.5. The molecule has 0 fully saturated rings. The van der Waals surface area contributed by atoms with Crippen molar-refractivity contribution in [3.8, 4) is 5.75 Å². The molecule has 1 amide bonds. The quantitative estimate of drug-likeness (QED) is 0.861. The van der Waals surface area contributed by atoms with E-state index in [9.17, 15) is 14.0 Å². The van der Waals surface area contributed by atoms with E-state index in [-0.39, 0.29) is 11.5 Å². The topological polar surface area (TPSA) is 55.4 Å². The lowest BCUT2D eigenvalue weighted by Gasteiger charge is -2.15. The van der Waals surface area contributed by atoms with Crippen molar-refractivity contribution in [3.05, 3.63) is 59.9 Å². The van der Waals surface area contributed by atoms with Crippen LogP contribution in [0.5, 0.6) is 5.75 Å². The summed E-state index contributed by atoms with van der Waals surface area (Å²) in [7, 11) is 0. The second kappa shape index (κ2) is 6.85. The highest BCUT2D eigenvalue weighted by Crippen LogP contribution is 2.18. The van der Waals surface area contributed by atoms with E-state index in [1.165, 1.54) is 26.0 Å². The molecule has 0 aliphatic carbocycles. The minimum atomic E-state index is -0.877. The number of ketones is 1. The first-order valence-corrected chi connectivity index (χ1v) is 6.80. The average Bonchev–Trinajstić information content (AvgIpc) is 2.49. The zero-order valence-corrected chi connectivity index (χ0v) is 12.3. The van der Waals surface area contributed by atoms with Crippen LogP contribution in [0.1, 0.15) is 24.2 Å². The molecule has 0 saturated heterocycles. The molecular formula is C17H16FNO3. The number of para-hydroxylation sites is 1. The van der Waals surface area contributed by atoms with Gasteiger partial charge in [-0.15, -0.1) is 0 Å². The molecule has 0 aliphatic rings. The van der Waals surface area contributed by atoms with Crippen molar-refractivity contribution in [1.82, 2.24) is 0 Å². The van der Waals surface area contributed by atoms with E-state index in [1.807, 2.05) is 0 Å². The fraction of sp³-hybridized carbons (Fsp3) is 0.176. The second-order valence-corrected chi connectivity index (χ2v) is 4.82. The third kappa shape index (κ3) is 3.91. The maximum Gasteiger partial charge on any atom is 0.265 e. The van der Waals surface area contributed by atoms with Gasteiger partial charge >= 0.3 is 0 Å². The van der Waals surface area contributed by atoms with Crippen LogP contribution in [0.15, 0.2) is 48.5 Å². The molecule has 1 atom stereocenters. The van der Waals surface area contributed by atoms with E-state index in [2.05, 4.69) is 5.32 Å². The Hall–Kier alpha value is -2.69. The number of hydrogen-bond donors (Lipinski definition) is 1. The fourth-order valence-corrected chi connectivity index (χ4v) is 1.84. The number of nitrogens with one attached hydrogen (secondary N) is 1.